The fourth-order valence-electron chi connectivity index (χ4n) is 0. The van der Waals surface area contributed by atoms with Gasteiger partial charge in [-0.1, -0.05) is 0 Å². The summed E-state index contributed by atoms with van der Waals surface area (Å²) in [6.45, 7) is 0.188. The molecule has 6 heavy (non-hydrogen) atoms. The smallest absolute Gasteiger partial charge is 1.00 e. The van der Waals surface area contributed by atoms with E-state index in [-0.39, 0.29) is 37.9 Å². The number of rotatable bonds is 0. The van der Waals surface area contributed by atoms with Gasteiger partial charge in [0.15, 0.2) is 0 Å². The van der Waals surface area contributed by atoms with Gasteiger partial charge in [-0.05, 0) is 0 Å². The van der Waals surface area contributed by atoms with Crippen molar-refractivity contribution in [2.24, 2.45) is 0 Å². The first-order valence-corrected chi connectivity index (χ1v) is 1.07. The SMILES string of the molecule is CC(F)(F)F.[H-].[Na+]. The Morgan fingerprint density at radius 3 is 1.33 bits per heavy atom. The van der Waals surface area contributed by atoms with E-state index in [0.29, 0.717) is 0 Å². The second-order valence-corrected chi connectivity index (χ2v) is 0.781. The third-order valence-corrected chi connectivity index (χ3v) is 0. The number of halogens is 3. The molecule has 0 aromatic carbocycles. The summed E-state index contributed by atoms with van der Waals surface area (Å²) in [5.74, 6) is 0. The zero-order chi connectivity index (χ0) is 4.50. The standard InChI is InChI=1S/C2H3F3.Na.H/c1-2(3,4)5;;/h1H3;;/q;+1;-1. The summed E-state index contributed by atoms with van der Waals surface area (Å²) in [5, 5.41) is 0. The van der Waals surface area contributed by atoms with Crippen LogP contribution in [0, 0.1) is 0 Å². The van der Waals surface area contributed by atoms with Crippen LogP contribution in [0.2, 0.25) is 0 Å². The molecule has 0 aliphatic rings. The van der Waals surface area contributed by atoms with Crippen LogP contribution in [0.5, 0.6) is 0 Å². The van der Waals surface area contributed by atoms with Gasteiger partial charge in [-0.25, -0.2) is 0 Å². The molecule has 0 saturated carbocycles. The Morgan fingerprint density at radius 2 is 1.33 bits per heavy atom. The van der Waals surface area contributed by atoms with Crippen molar-refractivity contribution in [3.63, 3.8) is 0 Å². The van der Waals surface area contributed by atoms with Crippen LogP contribution >= 0.6 is 0 Å². The van der Waals surface area contributed by atoms with Crippen molar-refractivity contribution in [1.82, 2.24) is 0 Å². The van der Waals surface area contributed by atoms with Gasteiger partial charge < -0.3 is 1.43 Å². The Morgan fingerprint density at radius 1 is 1.33 bits per heavy atom. The topological polar surface area (TPSA) is 0 Å². The molecule has 0 aliphatic heterocycles. The van der Waals surface area contributed by atoms with E-state index < -0.39 is 6.18 Å². The maximum absolute atomic E-state index is 10.4. The summed E-state index contributed by atoms with van der Waals surface area (Å²) < 4.78 is 31.1. The molecule has 0 aliphatic carbocycles. The summed E-state index contributed by atoms with van der Waals surface area (Å²) in [7, 11) is 0. The van der Waals surface area contributed by atoms with Crippen molar-refractivity contribution in [3.8, 4) is 0 Å². The van der Waals surface area contributed by atoms with Gasteiger partial charge in [-0.3, -0.25) is 0 Å². The monoisotopic (exact) mass is 108 g/mol. The summed E-state index contributed by atoms with van der Waals surface area (Å²) >= 11 is 0. The van der Waals surface area contributed by atoms with Crippen LogP contribution in [0.1, 0.15) is 8.35 Å². The predicted octanol–water partition coefficient (Wildman–Crippen LogP) is -1.31. The fourth-order valence-corrected chi connectivity index (χ4v) is 0. The number of alkyl halides is 3. The first-order valence-electron chi connectivity index (χ1n) is 1.07. The van der Waals surface area contributed by atoms with Gasteiger partial charge in [0.2, 0.25) is 0 Å². The molecule has 0 atom stereocenters. The molecule has 0 fully saturated rings. The quantitative estimate of drug-likeness (QED) is 0.338. The van der Waals surface area contributed by atoms with Crippen LogP contribution in [0.4, 0.5) is 13.2 Å². The van der Waals surface area contributed by atoms with Crippen molar-refractivity contribution in [2.45, 2.75) is 13.1 Å². The number of hydrogen-bond acceptors (Lipinski definition) is 0. The average Bonchev–Trinajstić information content (AvgIpc) is 0.722. The number of hydrogen-bond donors (Lipinski definition) is 0. The van der Waals surface area contributed by atoms with E-state index in [9.17, 15) is 13.2 Å². The van der Waals surface area contributed by atoms with Crippen LogP contribution in [0.3, 0.4) is 0 Å². The van der Waals surface area contributed by atoms with E-state index >= 15 is 0 Å². The van der Waals surface area contributed by atoms with Gasteiger partial charge in [-0.2, -0.15) is 13.2 Å². The van der Waals surface area contributed by atoms with Crippen molar-refractivity contribution in [3.05, 3.63) is 0 Å². The largest absolute Gasteiger partial charge is 1.00 e. The summed E-state index contributed by atoms with van der Waals surface area (Å²) in [6.07, 6.45) is -4.00. The molecule has 0 radical (unpaired) electrons. The van der Waals surface area contributed by atoms with E-state index in [2.05, 4.69) is 0 Å². The van der Waals surface area contributed by atoms with E-state index in [4.69, 9.17) is 0 Å². The minimum Gasteiger partial charge on any atom is -1.00 e. The molecular formula is C2H4F3Na. The normalized spacial score (nSPS) is 10.0. The molecule has 0 spiro atoms. The van der Waals surface area contributed by atoms with E-state index in [1.807, 2.05) is 0 Å². The molecule has 4 heteroatoms. The van der Waals surface area contributed by atoms with E-state index in [0.717, 1.165) is 0 Å². The van der Waals surface area contributed by atoms with Crippen molar-refractivity contribution in [2.75, 3.05) is 0 Å². The molecule has 0 amide bonds. The van der Waals surface area contributed by atoms with Gasteiger partial charge in [0.05, 0.1) is 0 Å². The van der Waals surface area contributed by atoms with E-state index in [1.165, 1.54) is 0 Å². The predicted molar refractivity (Wildman–Crippen MR) is 12.8 cm³/mol. The molecular weight excluding hydrogens is 104 g/mol. The third kappa shape index (κ3) is 110. The Bertz CT molecular complexity index is 28.4. The van der Waals surface area contributed by atoms with Crippen molar-refractivity contribution < 1.29 is 44.2 Å². The summed E-state index contributed by atoms with van der Waals surface area (Å²) in [6, 6.07) is 0. The van der Waals surface area contributed by atoms with Gasteiger partial charge in [0, 0.05) is 6.92 Å². The molecule has 0 unspecified atom stereocenters. The molecule has 0 heterocycles. The Labute approximate surface area is 57.5 Å². The Kier molecular flexibility index (Phi) is 4.76. The van der Waals surface area contributed by atoms with Crippen molar-refractivity contribution >= 4 is 0 Å². The molecule has 0 aromatic rings. The van der Waals surface area contributed by atoms with Gasteiger partial charge in [-0.15, -0.1) is 0 Å². The summed E-state index contributed by atoms with van der Waals surface area (Å²) in [5.41, 5.74) is 0. The van der Waals surface area contributed by atoms with Crippen molar-refractivity contribution in [1.29, 1.82) is 0 Å². The second kappa shape index (κ2) is 2.88. The van der Waals surface area contributed by atoms with E-state index in [1.54, 1.807) is 0 Å². The van der Waals surface area contributed by atoms with Gasteiger partial charge in [0.1, 0.15) is 0 Å². The zero-order valence-electron chi connectivity index (χ0n) is 4.63. The second-order valence-electron chi connectivity index (χ2n) is 0.781. The molecule has 0 nitrogen and oxygen atoms in total. The van der Waals surface area contributed by atoms with Gasteiger partial charge >= 0.3 is 35.7 Å². The van der Waals surface area contributed by atoms with Gasteiger partial charge in [0.25, 0.3) is 0 Å². The summed E-state index contributed by atoms with van der Waals surface area (Å²) in [4.78, 5) is 0. The molecule has 0 saturated heterocycles. The van der Waals surface area contributed by atoms with Crippen LogP contribution < -0.4 is 29.6 Å². The Hall–Kier alpha value is 0.790. The maximum atomic E-state index is 10.4. The maximum Gasteiger partial charge on any atom is 1.00 e. The minimum absolute atomic E-state index is 0. The first-order chi connectivity index (χ1) is 2.00. The average molecular weight is 108 g/mol. The van der Waals surface area contributed by atoms with Crippen LogP contribution in [-0.2, 0) is 0 Å². The fraction of sp³-hybridized carbons (Fsp3) is 1.00. The first kappa shape index (κ1) is 9.92. The Balaban J connectivity index is -0.0000000800. The van der Waals surface area contributed by atoms with Crippen LogP contribution in [-0.4, -0.2) is 6.18 Å². The zero-order valence-corrected chi connectivity index (χ0v) is 5.63. The third-order valence-electron chi connectivity index (χ3n) is 0. The molecule has 0 N–H and O–H groups in total. The molecule has 0 rings (SSSR count). The molecule has 34 valence electrons. The van der Waals surface area contributed by atoms with Crippen LogP contribution in [0.15, 0.2) is 0 Å². The molecule has 0 bridgehead atoms. The molecule has 0 aromatic heterocycles. The van der Waals surface area contributed by atoms with Crippen LogP contribution in [0.25, 0.3) is 0 Å². The minimum atomic E-state index is -4.00.